The lowest BCUT2D eigenvalue weighted by Gasteiger charge is -2.19. The van der Waals surface area contributed by atoms with E-state index < -0.39 is 55.3 Å². The van der Waals surface area contributed by atoms with Gasteiger partial charge in [0.1, 0.15) is 0 Å². The summed E-state index contributed by atoms with van der Waals surface area (Å²) in [6.07, 6.45) is -3.49. The molecule has 0 spiro atoms. The highest BCUT2D eigenvalue weighted by molar-refractivity contribution is 7.96. The van der Waals surface area contributed by atoms with Crippen molar-refractivity contribution in [1.82, 2.24) is 0 Å². The van der Waals surface area contributed by atoms with Crippen LogP contribution in [0.2, 0.25) is 0 Å². The lowest BCUT2D eigenvalue weighted by Crippen LogP contribution is -2.27. The smallest absolute Gasteiger partial charge is 0.234 e. The van der Waals surface area contributed by atoms with Crippen LogP contribution in [0.3, 0.4) is 0 Å². The van der Waals surface area contributed by atoms with Crippen LogP contribution >= 0.6 is 0 Å². The molecule has 0 N–H and O–H groups in total. The molecular weight excluding hydrogens is 324 g/mol. The van der Waals surface area contributed by atoms with Crippen molar-refractivity contribution in [2.45, 2.75) is 18.6 Å². The molecule has 0 saturated heterocycles. The van der Waals surface area contributed by atoms with Gasteiger partial charge in [0.05, 0.1) is 4.91 Å². The van der Waals surface area contributed by atoms with Crippen LogP contribution in [0.5, 0.6) is 0 Å². The lowest BCUT2D eigenvalue weighted by molar-refractivity contribution is -0.0427. The highest BCUT2D eigenvalue weighted by Gasteiger charge is 2.50. The van der Waals surface area contributed by atoms with Crippen LogP contribution in [0.15, 0.2) is 33.8 Å². The molecule has 11 heteroatoms. The summed E-state index contributed by atoms with van der Waals surface area (Å²) in [5, 5.41) is 0. The van der Waals surface area contributed by atoms with Gasteiger partial charge in [-0.3, -0.25) is 0 Å². The van der Waals surface area contributed by atoms with Gasteiger partial charge in [0.25, 0.3) is 9.84 Å². The number of allylic oxidation sites excluding steroid dienone is 6. The van der Waals surface area contributed by atoms with E-state index in [0.29, 0.717) is 0 Å². The van der Waals surface area contributed by atoms with E-state index in [0.717, 1.165) is 0 Å². The third-order valence-electron chi connectivity index (χ3n) is 2.39. The molecule has 1 unspecified atom stereocenters. The van der Waals surface area contributed by atoms with Crippen molar-refractivity contribution in [3.8, 4) is 0 Å². The molecule has 0 radical (unpaired) electrons. The van der Waals surface area contributed by atoms with Gasteiger partial charge in [0.15, 0.2) is 29.5 Å². The van der Waals surface area contributed by atoms with Gasteiger partial charge in [-0.1, -0.05) is 0 Å². The molecule has 20 heavy (non-hydrogen) atoms. The van der Waals surface area contributed by atoms with Crippen molar-refractivity contribution in [3.05, 3.63) is 33.8 Å². The van der Waals surface area contributed by atoms with Crippen LogP contribution in [0.4, 0.5) is 35.1 Å². The molecule has 1 atom stereocenters. The third-order valence-corrected chi connectivity index (χ3v) is 4.03. The molecule has 0 saturated carbocycles. The average molecular weight is 328 g/mol. The van der Waals surface area contributed by atoms with Gasteiger partial charge in [0, 0.05) is 5.57 Å². The second-order valence-corrected chi connectivity index (χ2v) is 5.65. The summed E-state index contributed by atoms with van der Waals surface area (Å²) in [6.45, 7) is 0.105. The highest BCUT2D eigenvalue weighted by atomic mass is 32.2. The Labute approximate surface area is 107 Å². The molecule has 0 aromatic heterocycles. The van der Waals surface area contributed by atoms with Crippen molar-refractivity contribution in [3.63, 3.8) is 0 Å². The summed E-state index contributed by atoms with van der Waals surface area (Å²) in [7, 11) is -6.22. The van der Waals surface area contributed by atoms with E-state index in [9.17, 15) is 43.5 Å². The Morgan fingerprint density at radius 2 is 1.45 bits per heavy atom. The number of halogens is 8. The van der Waals surface area contributed by atoms with Gasteiger partial charge in [-0.05, 0) is 6.92 Å². The standard InChI is InChI=1S/C9H4F8O2S/c1-2(20(18,19)9(15,16)17)3-4(10)6(12)8(14)7(13)5(3)11/h4H,1H3. The molecule has 1 aliphatic rings. The molecular formula is C9H4F8O2S. The lowest BCUT2D eigenvalue weighted by atomic mass is 10.0. The number of hydrogen-bond donors (Lipinski definition) is 0. The van der Waals surface area contributed by atoms with Gasteiger partial charge in [-0.25, -0.2) is 30.4 Å². The van der Waals surface area contributed by atoms with E-state index in [-0.39, 0.29) is 6.92 Å². The van der Waals surface area contributed by atoms with Gasteiger partial charge < -0.3 is 0 Å². The Morgan fingerprint density at radius 3 is 1.85 bits per heavy atom. The second-order valence-electron chi connectivity index (χ2n) is 3.57. The largest absolute Gasteiger partial charge is 0.501 e. The number of alkyl halides is 4. The van der Waals surface area contributed by atoms with Gasteiger partial charge in [-0.2, -0.15) is 13.2 Å². The Bertz CT molecular complexity index is 637. The van der Waals surface area contributed by atoms with Crippen molar-refractivity contribution >= 4 is 9.84 Å². The van der Waals surface area contributed by atoms with Crippen molar-refractivity contribution in [2.24, 2.45) is 0 Å². The molecule has 0 aromatic rings. The molecule has 0 amide bonds. The normalized spacial score (nSPS) is 24.4. The second kappa shape index (κ2) is 4.86. The number of sulfone groups is 1. The Balaban J connectivity index is 3.67. The topological polar surface area (TPSA) is 34.1 Å². The van der Waals surface area contributed by atoms with Crippen LogP contribution in [0.1, 0.15) is 6.92 Å². The van der Waals surface area contributed by atoms with E-state index >= 15 is 0 Å². The van der Waals surface area contributed by atoms with Crippen LogP contribution in [-0.4, -0.2) is 20.1 Å². The Morgan fingerprint density at radius 1 is 1.00 bits per heavy atom. The van der Waals surface area contributed by atoms with Crippen molar-refractivity contribution in [2.75, 3.05) is 0 Å². The van der Waals surface area contributed by atoms with E-state index in [2.05, 4.69) is 0 Å². The first-order valence-corrected chi connectivity index (χ1v) is 6.09. The molecule has 0 bridgehead atoms. The zero-order valence-electron chi connectivity index (χ0n) is 9.33. The maximum absolute atomic E-state index is 13.3. The number of rotatable bonds is 1. The average Bonchev–Trinajstić information content (AvgIpc) is 2.32. The maximum Gasteiger partial charge on any atom is 0.501 e. The fraction of sp³-hybridized carbons (Fsp3) is 0.333. The van der Waals surface area contributed by atoms with E-state index in [1.165, 1.54) is 0 Å². The zero-order valence-corrected chi connectivity index (χ0v) is 10.1. The highest BCUT2D eigenvalue weighted by Crippen LogP contribution is 2.43. The minimum Gasteiger partial charge on any atom is -0.234 e. The first kappa shape index (κ1) is 16.7. The minimum atomic E-state index is -6.22. The molecule has 0 heterocycles. The van der Waals surface area contributed by atoms with E-state index in [1.807, 2.05) is 0 Å². The summed E-state index contributed by atoms with van der Waals surface area (Å²) in [4.78, 5) is -1.99. The van der Waals surface area contributed by atoms with Crippen LogP contribution < -0.4 is 0 Å². The summed E-state index contributed by atoms with van der Waals surface area (Å²) >= 11 is 0. The third kappa shape index (κ3) is 2.34. The van der Waals surface area contributed by atoms with E-state index in [4.69, 9.17) is 0 Å². The quantitative estimate of drug-likeness (QED) is 0.685. The van der Waals surface area contributed by atoms with Crippen molar-refractivity contribution in [1.29, 1.82) is 0 Å². The predicted octanol–water partition coefficient (Wildman–Crippen LogP) is 3.85. The molecule has 1 aliphatic carbocycles. The van der Waals surface area contributed by atoms with Gasteiger partial charge >= 0.3 is 5.51 Å². The SMILES string of the molecule is CC(=C1C(F)=C(F)C(F)=C(F)C1F)S(=O)(=O)C(F)(F)F. The monoisotopic (exact) mass is 328 g/mol. The maximum atomic E-state index is 13.3. The Hall–Kier alpha value is -1.39. The molecule has 0 aromatic carbocycles. The predicted molar refractivity (Wildman–Crippen MR) is 51.1 cm³/mol. The Kier molecular flexibility index (Phi) is 4.05. The molecule has 0 aliphatic heterocycles. The number of hydrogen-bond acceptors (Lipinski definition) is 2. The molecule has 1 rings (SSSR count). The fourth-order valence-corrected chi connectivity index (χ4v) is 2.15. The fourth-order valence-electron chi connectivity index (χ4n) is 1.32. The summed E-state index contributed by atoms with van der Waals surface area (Å²) < 4.78 is 123. The first-order chi connectivity index (χ1) is 8.84. The summed E-state index contributed by atoms with van der Waals surface area (Å²) in [6, 6.07) is 0. The van der Waals surface area contributed by atoms with Crippen LogP contribution in [0.25, 0.3) is 0 Å². The molecule has 0 fully saturated rings. The van der Waals surface area contributed by atoms with E-state index in [1.54, 1.807) is 0 Å². The van der Waals surface area contributed by atoms with Gasteiger partial charge in [0.2, 0.25) is 0 Å². The zero-order chi connectivity index (χ0) is 16.0. The van der Waals surface area contributed by atoms with Crippen LogP contribution in [0, 0.1) is 0 Å². The summed E-state index contributed by atoms with van der Waals surface area (Å²) in [5.41, 5.74) is -7.99. The molecule has 114 valence electrons. The minimum absolute atomic E-state index is 0.105. The summed E-state index contributed by atoms with van der Waals surface area (Å²) in [5.74, 6) is -10.3. The molecule has 2 nitrogen and oxygen atoms in total. The van der Waals surface area contributed by atoms with Crippen LogP contribution in [-0.2, 0) is 9.84 Å². The van der Waals surface area contributed by atoms with Crippen molar-refractivity contribution < 1.29 is 43.5 Å². The first-order valence-electron chi connectivity index (χ1n) is 4.61. The van der Waals surface area contributed by atoms with Gasteiger partial charge in [-0.15, -0.1) is 0 Å².